The summed E-state index contributed by atoms with van der Waals surface area (Å²) in [7, 11) is 0. The summed E-state index contributed by atoms with van der Waals surface area (Å²) < 4.78 is 5.71. The number of nitrogens with one attached hydrogen (secondary N) is 1. The van der Waals surface area contributed by atoms with E-state index in [4.69, 9.17) is 4.74 Å². The fraction of sp³-hybridized carbons (Fsp3) is 0.727. The molecule has 0 radical (unpaired) electrons. The summed E-state index contributed by atoms with van der Waals surface area (Å²) in [6.07, 6.45) is 5.15. The summed E-state index contributed by atoms with van der Waals surface area (Å²) in [5, 5.41) is 3.93. The number of benzene rings is 1. The van der Waals surface area contributed by atoms with E-state index in [0.717, 1.165) is 19.1 Å². The summed E-state index contributed by atoms with van der Waals surface area (Å²) in [6, 6.07) is 7.67. The Kier molecular flexibility index (Phi) is 5.24. The molecular formula is C22H35NO. The average molecular weight is 330 g/mol. The van der Waals surface area contributed by atoms with Gasteiger partial charge in [-0.3, -0.25) is 0 Å². The van der Waals surface area contributed by atoms with Crippen molar-refractivity contribution >= 4 is 5.69 Å². The van der Waals surface area contributed by atoms with Gasteiger partial charge in [0.15, 0.2) is 0 Å². The van der Waals surface area contributed by atoms with Gasteiger partial charge >= 0.3 is 0 Å². The number of unbranched alkanes of at least 4 members (excludes halogenated alkanes) is 1. The molecule has 4 atom stereocenters. The first-order valence-electron chi connectivity index (χ1n) is 9.90. The molecule has 0 saturated carbocycles. The minimum atomic E-state index is 0.212. The molecule has 2 heteroatoms. The summed E-state index contributed by atoms with van der Waals surface area (Å²) in [4.78, 5) is 0. The predicted octanol–water partition coefficient (Wildman–Crippen LogP) is 5.72. The second kappa shape index (κ2) is 7.07. The van der Waals surface area contributed by atoms with Crippen molar-refractivity contribution in [3.8, 4) is 0 Å². The van der Waals surface area contributed by atoms with Gasteiger partial charge in [0.1, 0.15) is 0 Å². The molecule has 1 aromatic rings. The highest BCUT2D eigenvalue weighted by Gasteiger charge is 2.39. The van der Waals surface area contributed by atoms with Crippen LogP contribution in [0.15, 0.2) is 18.2 Å². The highest BCUT2D eigenvalue weighted by Crippen LogP contribution is 2.45. The molecular weight excluding hydrogens is 294 g/mol. The summed E-state index contributed by atoms with van der Waals surface area (Å²) in [6.45, 7) is 13.6. The van der Waals surface area contributed by atoms with E-state index in [1.54, 1.807) is 0 Å². The lowest BCUT2D eigenvalue weighted by atomic mass is 9.71. The van der Waals surface area contributed by atoms with Gasteiger partial charge in [-0.1, -0.05) is 59.6 Å². The number of hydrogen-bond acceptors (Lipinski definition) is 2. The normalized spacial score (nSPS) is 30.0. The Labute approximate surface area is 148 Å². The number of rotatable bonds is 4. The van der Waals surface area contributed by atoms with Gasteiger partial charge in [0.05, 0.1) is 6.61 Å². The molecule has 1 N–H and O–H groups in total. The maximum absolute atomic E-state index is 5.71. The molecule has 2 nitrogen and oxygen atoms in total. The Morgan fingerprint density at radius 3 is 2.67 bits per heavy atom. The Hall–Kier alpha value is -1.02. The molecule has 24 heavy (non-hydrogen) atoms. The van der Waals surface area contributed by atoms with Gasteiger partial charge in [0.2, 0.25) is 0 Å². The Morgan fingerprint density at radius 1 is 1.25 bits per heavy atom. The summed E-state index contributed by atoms with van der Waals surface area (Å²) in [5.41, 5.74) is 4.55. The molecule has 0 spiro atoms. The van der Waals surface area contributed by atoms with E-state index in [0.29, 0.717) is 17.9 Å². The van der Waals surface area contributed by atoms with Gasteiger partial charge in [0, 0.05) is 24.3 Å². The first-order valence-corrected chi connectivity index (χ1v) is 9.90. The Balaban J connectivity index is 1.92. The number of fused-ring (bicyclic) bond motifs is 1. The van der Waals surface area contributed by atoms with Crippen molar-refractivity contribution in [2.75, 3.05) is 18.5 Å². The fourth-order valence-electron chi connectivity index (χ4n) is 4.54. The van der Waals surface area contributed by atoms with E-state index >= 15 is 0 Å². The first-order chi connectivity index (χ1) is 11.4. The van der Waals surface area contributed by atoms with Crippen molar-refractivity contribution in [3.05, 3.63) is 29.3 Å². The van der Waals surface area contributed by atoms with Gasteiger partial charge < -0.3 is 10.1 Å². The molecule has 2 aliphatic rings. The van der Waals surface area contributed by atoms with Crippen LogP contribution in [0.2, 0.25) is 0 Å². The van der Waals surface area contributed by atoms with Crippen LogP contribution < -0.4 is 5.32 Å². The molecule has 3 rings (SSSR count). The molecule has 0 bridgehead atoms. The maximum Gasteiger partial charge on any atom is 0.0514 e. The second-order valence-corrected chi connectivity index (χ2v) is 8.94. The molecule has 1 unspecified atom stereocenters. The van der Waals surface area contributed by atoms with Crippen molar-refractivity contribution in [1.82, 2.24) is 0 Å². The number of hydrogen-bond donors (Lipinski definition) is 1. The van der Waals surface area contributed by atoms with E-state index in [-0.39, 0.29) is 5.41 Å². The van der Waals surface area contributed by atoms with Crippen molar-refractivity contribution in [2.24, 2.45) is 11.8 Å². The van der Waals surface area contributed by atoms with Crippen LogP contribution in [0.3, 0.4) is 0 Å². The van der Waals surface area contributed by atoms with E-state index in [2.05, 4.69) is 58.1 Å². The lowest BCUT2D eigenvalue weighted by molar-refractivity contribution is 0.170. The van der Waals surface area contributed by atoms with E-state index in [1.165, 1.54) is 42.5 Å². The molecule has 0 amide bonds. The van der Waals surface area contributed by atoms with Crippen LogP contribution in [-0.4, -0.2) is 19.3 Å². The van der Waals surface area contributed by atoms with Crippen LogP contribution in [0, 0.1) is 11.8 Å². The lowest BCUT2D eigenvalue weighted by Crippen LogP contribution is -2.43. The standard InChI is InChI=1S/C22H35NO/c1-6-7-8-18-15(2)19-13-17(22(3,4)5)9-10-20(19)23-21(18)16-11-12-24-14-16/h9-10,13,15-16,18,21,23H,6-8,11-12,14H2,1-5H3/t15-,16?,18+,21-/m0/s1. The highest BCUT2D eigenvalue weighted by molar-refractivity contribution is 5.58. The van der Waals surface area contributed by atoms with Gasteiger partial charge in [-0.15, -0.1) is 0 Å². The molecule has 0 aromatic heterocycles. The summed E-state index contributed by atoms with van der Waals surface area (Å²) >= 11 is 0. The average Bonchev–Trinajstić information content (AvgIpc) is 3.07. The zero-order valence-electron chi connectivity index (χ0n) is 16.2. The molecule has 2 heterocycles. The quantitative estimate of drug-likeness (QED) is 0.762. The van der Waals surface area contributed by atoms with Crippen LogP contribution in [0.5, 0.6) is 0 Å². The number of anilines is 1. The van der Waals surface area contributed by atoms with E-state index in [1.807, 2.05) is 0 Å². The SMILES string of the molecule is CCCC[C@@H]1[C@H](C)c2cc(C(C)(C)C)ccc2N[C@H]1C1CCOC1. The van der Waals surface area contributed by atoms with Crippen molar-refractivity contribution in [2.45, 2.75) is 77.7 Å². The lowest BCUT2D eigenvalue weighted by Gasteiger charge is -2.42. The minimum absolute atomic E-state index is 0.212. The van der Waals surface area contributed by atoms with Gasteiger partial charge in [-0.05, 0) is 47.3 Å². The third-order valence-electron chi connectivity index (χ3n) is 6.20. The maximum atomic E-state index is 5.71. The topological polar surface area (TPSA) is 21.3 Å². The van der Waals surface area contributed by atoms with E-state index in [9.17, 15) is 0 Å². The van der Waals surface area contributed by atoms with Crippen LogP contribution >= 0.6 is 0 Å². The molecule has 134 valence electrons. The smallest absolute Gasteiger partial charge is 0.0514 e. The van der Waals surface area contributed by atoms with Crippen molar-refractivity contribution in [1.29, 1.82) is 0 Å². The number of ether oxygens (including phenoxy) is 1. The third-order valence-corrected chi connectivity index (χ3v) is 6.20. The minimum Gasteiger partial charge on any atom is -0.381 e. The van der Waals surface area contributed by atoms with Crippen LogP contribution in [0.4, 0.5) is 5.69 Å². The molecule has 0 aliphatic carbocycles. The second-order valence-electron chi connectivity index (χ2n) is 8.94. The Bertz CT molecular complexity index is 554. The monoisotopic (exact) mass is 329 g/mol. The predicted molar refractivity (Wildman–Crippen MR) is 103 cm³/mol. The van der Waals surface area contributed by atoms with Crippen LogP contribution in [0.1, 0.15) is 77.3 Å². The van der Waals surface area contributed by atoms with Gasteiger partial charge in [-0.25, -0.2) is 0 Å². The van der Waals surface area contributed by atoms with E-state index < -0.39 is 0 Å². The highest BCUT2D eigenvalue weighted by atomic mass is 16.5. The third kappa shape index (κ3) is 3.49. The first kappa shape index (κ1) is 17.8. The van der Waals surface area contributed by atoms with Crippen molar-refractivity contribution in [3.63, 3.8) is 0 Å². The van der Waals surface area contributed by atoms with Gasteiger partial charge in [-0.2, -0.15) is 0 Å². The van der Waals surface area contributed by atoms with Crippen LogP contribution in [-0.2, 0) is 10.2 Å². The largest absolute Gasteiger partial charge is 0.381 e. The zero-order valence-corrected chi connectivity index (χ0v) is 16.2. The molecule has 1 saturated heterocycles. The van der Waals surface area contributed by atoms with Gasteiger partial charge in [0.25, 0.3) is 0 Å². The molecule has 1 aromatic carbocycles. The van der Waals surface area contributed by atoms with Crippen molar-refractivity contribution < 1.29 is 4.74 Å². The molecule has 2 aliphatic heterocycles. The molecule has 1 fully saturated rings. The van der Waals surface area contributed by atoms with Crippen LogP contribution in [0.25, 0.3) is 0 Å². The summed E-state index contributed by atoms with van der Waals surface area (Å²) in [5.74, 6) is 2.02. The Morgan fingerprint density at radius 2 is 2.04 bits per heavy atom. The fourth-order valence-corrected chi connectivity index (χ4v) is 4.54. The zero-order chi connectivity index (χ0) is 17.3.